The Labute approximate surface area is 274 Å². The summed E-state index contributed by atoms with van der Waals surface area (Å²) in [6.45, 7) is 22.5. The van der Waals surface area contributed by atoms with Crippen molar-refractivity contribution in [2.24, 2.45) is 0 Å². The van der Waals surface area contributed by atoms with E-state index in [-0.39, 0.29) is 0 Å². The van der Waals surface area contributed by atoms with Crippen LogP contribution in [0.2, 0.25) is 0 Å². The molecule has 0 unspecified atom stereocenters. The molecular formula is C40H48N2O4. The molecule has 2 heterocycles. The highest BCUT2D eigenvalue weighted by Crippen LogP contribution is 2.39. The monoisotopic (exact) mass is 620 g/mol. The molecule has 2 aromatic heterocycles. The van der Waals surface area contributed by atoms with Gasteiger partial charge in [-0.3, -0.25) is 0 Å². The zero-order valence-corrected chi connectivity index (χ0v) is 29.0. The number of rotatable bonds is 12. The summed E-state index contributed by atoms with van der Waals surface area (Å²) in [6, 6.07) is 20.8. The number of anilines is 2. The summed E-state index contributed by atoms with van der Waals surface area (Å²) in [5, 5.41) is 6.99. The van der Waals surface area contributed by atoms with E-state index in [4.69, 9.17) is 18.3 Å². The maximum Gasteiger partial charge on any atom is 0.128 e. The molecule has 0 fully saturated rings. The second-order valence-electron chi connectivity index (χ2n) is 13.5. The van der Waals surface area contributed by atoms with E-state index in [1.165, 1.54) is 11.1 Å². The molecule has 0 aliphatic rings. The first-order chi connectivity index (χ1) is 21.7. The van der Waals surface area contributed by atoms with Crippen molar-refractivity contribution in [2.75, 3.05) is 10.6 Å². The van der Waals surface area contributed by atoms with Crippen LogP contribution in [0.25, 0.3) is 0 Å². The highest BCUT2D eigenvalue weighted by atomic mass is 16.5. The molecular weight excluding hydrogens is 572 g/mol. The molecule has 3 aromatic carbocycles. The van der Waals surface area contributed by atoms with E-state index in [0.29, 0.717) is 13.1 Å². The molecule has 0 aliphatic carbocycles. The minimum atomic E-state index is -0.561. The topological polar surface area (TPSA) is 68.8 Å². The van der Waals surface area contributed by atoms with Gasteiger partial charge in [-0.1, -0.05) is 12.1 Å². The second kappa shape index (κ2) is 13.0. The summed E-state index contributed by atoms with van der Waals surface area (Å²) in [5.41, 5.74) is 9.96. The Morgan fingerprint density at radius 2 is 0.935 bits per heavy atom. The number of furan rings is 2. The summed E-state index contributed by atoms with van der Waals surface area (Å²) in [7, 11) is 0. The third kappa shape index (κ3) is 7.28. The number of ether oxygens (including phenoxy) is 2. The van der Waals surface area contributed by atoms with Crippen LogP contribution in [0.5, 0.6) is 11.5 Å². The quantitative estimate of drug-likeness (QED) is 0.145. The van der Waals surface area contributed by atoms with Crippen LogP contribution in [0.15, 0.2) is 82.0 Å². The van der Waals surface area contributed by atoms with Gasteiger partial charge in [-0.2, -0.15) is 0 Å². The minimum Gasteiger partial charge on any atom is -0.483 e. The summed E-state index contributed by atoms with van der Waals surface area (Å²) in [5.74, 6) is 3.61. The van der Waals surface area contributed by atoms with Crippen molar-refractivity contribution < 1.29 is 18.3 Å². The number of nitrogens with one attached hydrogen (secondary N) is 2. The summed E-state index contributed by atoms with van der Waals surface area (Å²) in [6.07, 6.45) is 3.40. The smallest absolute Gasteiger partial charge is 0.128 e. The number of benzene rings is 3. The molecule has 46 heavy (non-hydrogen) atoms. The van der Waals surface area contributed by atoms with Crippen LogP contribution in [-0.2, 0) is 24.3 Å². The summed E-state index contributed by atoms with van der Waals surface area (Å²) in [4.78, 5) is 0. The van der Waals surface area contributed by atoms with E-state index in [0.717, 1.165) is 67.8 Å². The Balaban J connectivity index is 1.32. The average Bonchev–Trinajstić information content (AvgIpc) is 3.70. The molecule has 5 rings (SSSR count). The number of hydrogen-bond donors (Lipinski definition) is 2. The van der Waals surface area contributed by atoms with Crippen molar-refractivity contribution in [2.45, 2.75) is 93.5 Å². The van der Waals surface area contributed by atoms with Gasteiger partial charge in [0, 0.05) is 11.4 Å². The van der Waals surface area contributed by atoms with E-state index in [1.54, 1.807) is 12.5 Å². The van der Waals surface area contributed by atoms with Crippen molar-refractivity contribution in [3.8, 4) is 11.5 Å². The molecule has 0 radical (unpaired) electrons. The van der Waals surface area contributed by atoms with Crippen LogP contribution in [0.4, 0.5) is 11.4 Å². The third-order valence-corrected chi connectivity index (χ3v) is 8.62. The van der Waals surface area contributed by atoms with Gasteiger partial charge in [-0.15, -0.1) is 0 Å². The second-order valence-corrected chi connectivity index (χ2v) is 13.5. The first kappa shape index (κ1) is 32.8. The predicted molar refractivity (Wildman–Crippen MR) is 187 cm³/mol. The van der Waals surface area contributed by atoms with Crippen LogP contribution in [0.3, 0.4) is 0 Å². The fourth-order valence-corrected chi connectivity index (χ4v) is 6.08. The van der Waals surface area contributed by atoms with Gasteiger partial charge in [-0.25, -0.2) is 0 Å². The van der Waals surface area contributed by atoms with Crippen molar-refractivity contribution in [1.82, 2.24) is 0 Å². The molecule has 0 saturated heterocycles. The van der Waals surface area contributed by atoms with Crippen LogP contribution in [-0.4, -0.2) is 0 Å². The lowest BCUT2D eigenvalue weighted by molar-refractivity contribution is 0.102. The lowest BCUT2D eigenvalue weighted by atomic mass is 9.91. The molecule has 6 nitrogen and oxygen atoms in total. The zero-order chi connectivity index (χ0) is 33.2. The SMILES string of the molecule is Cc1cc(C(C)(C)Oc2c(C)cc(C(C)(C)Oc3c(C)cc(NCc4ccco4)cc3C)cc2C)cc(C)c1NCc1ccco1. The molecule has 6 heteroatoms. The van der Waals surface area contributed by atoms with Crippen molar-refractivity contribution in [3.05, 3.63) is 129 Å². The van der Waals surface area contributed by atoms with Gasteiger partial charge >= 0.3 is 0 Å². The predicted octanol–water partition coefficient (Wildman–Crippen LogP) is 10.6. The fourth-order valence-electron chi connectivity index (χ4n) is 6.08. The largest absolute Gasteiger partial charge is 0.483 e. The van der Waals surface area contributed by atoms with Crippen molar-refractivity contribution in [3.63, 3.8) is 0 Å². The lowest BCUT2D eigenvalue weighted by Crippen LogP contribution is -2.28. The van der Waals surface area contributed by atoms with Crippen LogP contribution in [0, 0.1) is 41.5 Å². The first-order valence-corrected chi connectivity index (χ1v) is 16.0. The van der Waals surface area contributed by atoms with E-state index in [9.17, 15) is 0 Å². The Morgan fingerprint density at radius 3 is 1.35 bits per heavy atom. The van der Waals surface area contributed by atoms with Crippen LogP contribution < -0.4 is 20.1 Å². The Morgan fingerprint density at radius 1 is 0.543 bits per heavy atom. The van der Waals surface area contributed by atoms with Gasteiger partial charge in [0.1, 0.15) is 34.2 Å². The number of hydrogen-bond acceptors (Lipinski definition) is 6. The Kier molecular flexibility index (Phi) is 9.29. The van der Waals surface area contributed by atoms with Crippen molar-refractivity contribution >= 4 is 11.4 Å². The molecule has 0 atom stereocenters. The fraction of sp³-hybridized carbons (Fsp3) is 0.350. The van der Waals surface area contributed by atoms with E-state index in [2.05, 4.69) is 116 Å². The van der Waals surface area contributed by atoms with E-state index >= 15 is 0 Å². The third-order valence-electron chi connectivity index (χ3n) is 8.62. The first-order valence-electron chi connectivity index (χ1n) is 16.0. The molecule has 0 saturated carbocycles. The molecule has 5 aromatic rings. The van der Waals surface area contributed by atoms with E-state index < -0.39 is 11.2 Å². The lowest BCUT2D eigenvalue weighted by Gasteiger charge is -2.33. The van der Waals surface area contributed by atoms with E-state index in [1.807, 2.05) is 24.3 Å². The number of aryl methyl sites for hydroxylation is 6. The van der Waals surface area contributed by atoms with Gasteiger partial charge in [-0.05, 0) is 162 Å². The molecule has 242 valence electrons. The van der Waals surface area contributed by atoms with Gasteiger partial charge in [0.05, 0.1) is 25.6 Å². The van der Waals surface area contributed by atoms with Gasteiger partial charge in [0.15, 0.2) is 0 Å². The minimum absolute atomic E-state index is 0.543. The molecule has 0 amide bonds. The molecule has 2 N–H and O–H groups in total. The molecule has 0 bridgehead atoms. The van der Waals surface area contributed by atoms with Gasteiger partial charge in [0.2, 0.25) is 0 Å². The van der Waals surface area contributed by atoms with Gasteiger partial charge in [0.25, 0.3) is 0 Å². The maximum atomic E-state index is 6.82. The van der Waals surface area contributed by atoms with Crippen molar-refractivity contribution in [1.29, 1.82) is 0 Å². The summed E-state index contributed by atoms with van der Waals surface area (Å²) < 4.78 is 24.5. The van der Waals surface area contributed by atoms with Crippen LogP contribution >= 0.6 is 0 Å². The standard InChI is InChI=1S/C40H48N2O4/c1-25-17-31(18-26(2)36(25)42-24-35-14-12-16-44-35)39(7,8)45-37-27(3)19-32(20-28(37)4)40(9,10)46-38-29(5)21-33(22-30(38)6)41-23-34-13-11-15-43-34/h11-22,41-42H,23-24H2,1-10H3. The normalized spacial score (nSPS) is 11.9. The Hall–Kier alpha value is -4.58. The Bertz CT molecular complexity index is 1730. The molecule has 0 spiro atoms. The highest BCUT2D eigenvalue weighted by molar-refractivity contribution is 5.59. The van der Waals surface area contributed by atoms with Gasteiger partial charge < -0.3 is 28.9 Å². The maximum absolute atomic E-state index is 6.82. The zero-order valence-electron chi connectivity index (χ0n) is 29.0. The summed E-state index contributed by atoms with van der Waals surface area (Å²) >= 11 is 0. The molecule has 0 aliphatic heterocycles. The highest BCUT2D eigenvalue weighted by Gasteiger charge is 2.29. The van der Waals surface area contributed by atoms with Crippen LogP contribution in [0.1, 0.15) is 83.7 Å². The average molecular weight is 621 g/mol.